The van der Waals surface area contributed by atoms with Crippen molar-refractivity contribution in [3.63, 3.8) is 0 Å². The summed E-state index contributed by atoms with van der Waals surface area (Å²) in [6.07, 6.45) is 4.42. The van der Waals surface area contributed by atoms with Crippen molar-refractivity contribution in [2.75, 3.05) is 0 Å². The van der Waals surface area contributed by atoms with Crippen LogP contribution in [0.15, 0.2) is 23.6 Å². The molecule has 0 saturated carbocycles. The summed E-state index contributed by atoms with van der Waals surface area (Å²) >= 11 is 0. The van der Waals surface area contributed by atoms with E-state index >= 15 is 0 Å². The fourth-order valence-corrected chi connectivity index (χ4v) is 3.81. The molecule has 0 saturated heterocycles. The van der Waals surface area contributed by atoms with Gasteiger partial charge in [0.25, 0.3) is 0 Å². The van der Waals surface area contributed by atoms with Gasteiger partial charge in [-0.2, -0.15) is 0 Å². The van der Waals surface area contributed by atoms with Crippen LogP contribution in [0.25, 0.3) is 0 Å². The summed E-state index contributed by atoms with van der Waals surface area (Å²) in [6, 6.07) is 2.74. The van der Waals surface area contributed by atoms with E-state index in [4.69, 9.17) is 0 Å². The second kappa shape index (κ2) is 2.52. The standard InChI is InChI=1S/C8H14Si/c1-3-9(4-2)7-5-6-8-9/h5-8H,3-4H2,1-2H3. The molecule has 0 aromatic heterocycles. The Balaban J connectivity index is 2.69. The molecule has 0 aliphatic carbocycles. The second-order valence-corrected chi connectivity index (χ2v) is 7.21. The van der Waals surface area contributed by atoms with E-state index in [1.54, 1.807) is 0 Å². The van der Waals surface area contributed by atoms with Crippen LogP contribution < -0.4 is 0 Å². The van der Waals surface area contributed by atoms with Crippen LogP contribution in [0.5, 0.6) is 0 Å². The maximum atomic E-state index is 2.44. The summed E-state index contributed by atoms with van der Waals surface area (Å²) in [5.74, 6) is 0. The molecule has 0 N–H and O–H groups in total. The average molecular weight is 138 g/mol. The molecule has 0 aromatic carbocycles. The molecular formula is C8H14Si. The number of hydrogen-bond acceptors (Lipinski definition) is 0. The van der Waals surface area contributed by atoms with Gasteiger partial charge in [-0.1, -0.05) is 49.5 Å². The Morgan fingerprint density at radius 3 is 1.67 bits per heavy atom. The van der Waals surface area contributed by atoms with E-state index in [0.717, 1.165) is 0 Å². The highest BCUT2D eigenvalue weighted by atomic mass is 28.3. The molecule has 0 aromatic rings. The lowest BCUT2D eigenvalue weighted by Gasteiger charge is -2.16. The van der Waals surface area contributed by atoms with Gasteiger partial charge in [-0.3, -0.25) is 0 Å². The Morgan fingerprint density at radius 2 is 1.44 bits per heavy atom. The van der Waals surface area contributed by atoms with Crippen LogP contribution in [0, 0.1) is 0 Å². The first kappa shape index (κ1) is 6.81. The normalized spacial score (nSPS) is 21.1. The lowest BCUT2D eigenvalue weighted by Crippen LogP contribution is -2.25. The molecule has 9 heavy (non-hydrogen) atoms. The summed E-state index contributed by atoms with van der Waals surface area (Å²) in [6.45, 7) is 4.60. The predicted molar refractivity (Wildman–Crippen MR) is 45.0 cm³/mol. The Bertz CT molecular complexity index is 127. The third-order valence-corrected chi connectivity index (χ3v) is 6.63. The van der Waals surface area contributed by atoms with Gasteiger partial charge < -0.3 is 0 Å². The molecule has 0 radical (unpaired) electrons. The fourth-order valence-electron chi connectivity index (χ4n) is 1.27. The third kappa shape index (κ3) is 1.16. The highest BCUT2D eigenvalue weighted by molar-refractivity contribution is 6.89. The molecule has 0 unspecified atom stereocenters. The lowest BCUT2D eigenvalue weighted by atomic mass is 10.6. The van der Waals surface area contributed by atoms with E-state index < -0.39 is 8.07 Å². The van der Waals surface area contributed by atoms with Crippen molar-refractivity contribution in [1.29, 1.82) is 0 Å². The van der Waals surface area contributed by atoms with Gasteiger partial charge in [0.1, 0.15) is 8.07 Å². The average Bonchev–Trinajstić information content (AvgIpc) is 2.36. The highest BCUT2D eigenvalue weighted by Gasteiger charge is 2.23. The Kier molecular flexibility index (Phi) is 1.91. The van der Waals surface area contributed by atoms with Crippen molar-refractivity contribution >= 4 is 8.07 Å². The zero-order valence-electron chi connectivity index (χ0n) is 6.22. The van der Waals surface area contributed by atoms with Crippen molar-refractivity contribution in [2.45, 2.75) is 25.9 Å². The summed E-state index contributed by atoms with van der Waals surface area (Å²) in [4.78, 5) is 0. The first-order chi connectivity index (χ1) is 4.33. The molecule has 50 valence electrons. The maximum absolute atomic E-state index is 2.44. The summed E-state index contributed by atoms with van der Waals surface area (Å²) in [5, 5.41) is 0. The smallest absolute Gasteiger partial charge is 0.0904 e. The van der Waals surface area contributed by atoms with E-state index in [0.29, 0.717) is 0 Å². The van der Waals surface area contributed by atoms with Crippen LogP contribution in [-0.2, 0) is 0 Å². The fraction of sp³-hybridized carbons (Fsp3) is 0.500. The quantitative estimate of drug-likeness (QED) is 0.515. The molecule has 1 rings (SSSR count). The van der Waals surface area contributed by atoms with Crippen LogP contribution in [0.2, 0.25) is 12.1 Å². The predicted octanol–water partition coefficient (Wildman–Crippen LogP) is 2.68. The van der Waals surface area contributed by atoms with Gasteiger partial charge in [-0.25, -0.2) is 0 Å². The van der Waals surface area contributed by atoms with Crippen LogP contribution in [0.3, 0.4) is 0 Å². The number of allylic oxidation sites excluding steroid dienone is 2. The molecule has 0 fully saturated rings. The third-order valence-electron chi connectivity index (χ3n) is 2.28. The van der Waals surface area contributed by atoms with Gasteiger partial charge in [-0.15, -0.1) is 0 Å². The van der Waals surface area contributed by atoms with E-state index in [2.05, 4.69) is 37.4 Å². The Morgan fingerprint density at radius 1 is 1.00 bits per heavy atom. The van der Waals surface area contributed by atoms with Gasteiger partial charge in [-0.05, 0) is 0 Å². The minimum Gasteiger partial charge on any atom is -0.0904 e. The van der Waals surface area contributed by atoms with E-state index in [9.17, 15) is 0 Å². The van der Waals surface area contributed by atoms with Crippen molar-refractivity contribution in [3.8, 4) is 0 Å². The van der Waals surface area contributed by atoms with Gasteiger partial charge in [0, 0.05) is 0 Å². The topological polar surface area (TPSA) is 0 Å². The van der Waals surface area contributed by atoms with Crippen molar-refractivity contribution < 1.29 is 0 Å². The summed E-state index contributed by atoms with van der Waals surface area (Å²) in [7, 11) is -0.941. The molecule has 1 aliphatic rings. The van der Waals surface area contributed by atoms with E-state index in [1.807, 2.05) is 0 Å². The Hall–Kier alpha value is -0.303. The molecule has 0 nitrogen and oxygen atoms in total. The highest BCUT2D eigenvalue weighted by Crippen LogP contribution is 2.21. The molecule has 0 bridgehead atoms. The van der Waals surface area contributed by atoms with E-state index in [-0.39, 0.29) is 0 Å². The maximum Gasteiger partial charge on any atom is 0.101 e. The van der Waals surface area contributed by atoms with Crippen LogP contribution in [0.4, 0.5) is 0 Å². The van der Waals surface area contributed by atoms with Crippen molar-refractivity contribution in [3.05, 3.63) is 23.6 Å². The summed E-state index contributed by atoms with van der Waals surface area (Å²) in [5.41, 5.74) is 4.88. The molecule has 0 atom stereocenters. The molecule has 1 aliphatic heterocycles. The van der Waals surface area contributed by atoms with Gasteiger partial charge >= 0.3 is 0 Å². The van der Waals surface area contributed by atoms with Crippen LogP contribution in [0.1, 0.15) is 13.8 Å². The van der Waals surface area contributed by atoms with Crippen LogP contribution in [-0.4, -0.2) is 8.07 Å². The van der Waals surface area contributed by atoms with E-state index in [1.165, 1.54) is 12.1 Å². The van der Waals surface area contributed by atoms with Gasteiger partial charge in [0.15, 0.2) is 0 Å². The van der Waals surface area contributed by atoms with Crippen LogP contribution >= 0.6 is 0 Å². The van der Waals surface area contributed by atoms with Gasteiger partial charge in [0.05, 0.1) is 0 Å². The molecule has 1 heterocycles. The minimum atomic E-state index is -0.941. The van der Waals surface area contributed by atoms with Gasteiger partial charge in [0.2, 0.25) is 0 Å². The monoisotopic (exact) mass is 138 g/mol. The number of hydrogen-bond donors (Lipinski definition) is 0. The zero-order chi connectivity index (χ0) is 6.74. The molecule has 0 spiro atoms. The molecular weight excluding hydrogens is 124 g/mol. The second-order valence-electron chi connectivity index (χ2n) is 2.66. The lowest BCUT2D eigenvalue weighted by molar-refractivity contribution is 1.29. The summed E-state index contributed by atoms with van der Waals surface area (Å²) < 4.78 is 0. The van der Waals surface area contributed by atoms with Crippen molar-refractivity contribution in [1.82, 2.24) is 0 Å². The van der Waals surface area contributed by atoms with Crippen molar-refractivity contribution in [2.24, 2.45) is 0 Å². The zero-order valence-corrected chi connectivity index (χ0v) is 7.22. The minimum absolute atomic E-state index is 0.941. The first-order valence-electron chi connectivity index (χ1n) is 3.70. The first-order valence-corrected chi connectivity index (χ1v) is 6.27. The molecule has 1 heteroatoms. The SMILES string of the molecule is CC[Si]1(CC)C=CC=C1. The molecule has 0 amide bonds. The largest absolute Gasteiger partial charge is 0.101 e. The number of rotatable bonds is 2. The Labute approximate surface area is 58.3 Å².